The van der Waals surface area contributed by atoms with Crippen molar-refractivity contribution in [1.82, 2.24) is 0 Å². The third-order valence-corrected chi connectivity index (χ3v) is 3.09. The minimum Gasteiger partial charge on any atom is -0.495 e. The van der Waals surface area contributed by atoms with E-state index < -0.39 is 5.97 Å². The number of nitriles is 1. The van der Waals surface area contributed by atoms with Crippen molar-refractivity contribution in [3.63, 3.8) is 0 Å². The first kappa shape index (κ1) is 14.4. The highest BCUT2D eigenvalue weighted by atomic mass is 16.5. The van der Waals surface area contributed by atoms with Crippen LogP contribution < -0.4 is 10.1 Å². The molecule has 5 nitrogen and oxygen atoms in total. The fourth-order valence-corrected chi connectivity index (χ4v) is 2.05. The number of carboxylic acids is 1. The van der Waals surface area contributed by atoms with Gasteiger partial charge in [-0.1, -0.05) is 6.07 Å². The third-order valence-electron chi connectivity index (χ3n) is 3.09. The number of aryl methyl sites for hydroxylation is 1. The predicted octanol–water partition coefficient (Wildman–Crippen LogP) is 3.32. The van der Waals surface area contributed by atoms with Crippen LogP contribution in [-0.2, 0) is 0 Å². The number of hydrogen-bond donors (Lipinski definition) is 2. The Morgan fingerprint density at radius 1 is 1.33 bits per heavy atom. The molecule has 0 unspecified atom stereocenters. The van der Waals surface area contributed by atoms with Crippen LogP contribution in [0.15, 0.2) is 36.4 Å². The van der Waals surface area contributed by atoms with Crippen LogP contribution in [0.4, 0.5) is 11.4 Å². The molecule has 0 aliphatic heterocycles. The molecule has 0 saturated carbocycles. The Balaban J connectivity index is 2.41. The number of anilines is 2. The average molecular weight is 282 g/mol. The van der Waals surface area contributed by atoms with Crippen molar-refractivity contribution in [2.75, 3.05) is 12.4 Å². The van der Waals surface area contributed by atoms with Gasteiger partial charge in [-0.2, -0.15) is 5.26 Å². The molecular formula is C16H14N2O3. The Kier molecular flexibility index (Phi) is 4.10. The number of ether oxygens (including phenoxy) is 1. The van der Waals surface area contributed by atoms with Gasteiger partial charge >= 0.3 is 5.97 Å². The van der Waals surface area contributed by atoms with Crippen molar-refractivity contribution in [2.24, 2.45) is 0 Å². The highest BCUT2D eigenvalue weighted by Gasteiger charge is 2.11. The largest absolute Gasteiger partial charge is 0.495 e. The molecule has 0 radical (unpaired) electrons. The van der Waals surface area contributed by atoms with Gasteiger partial charge in [0.2, 0.25) is 0 Å². The van der Waals surface area contributed by atoms with E-state index >= 15 is 0 Å². The maximum Gasteiger partial charge on any atom is 0.335 e. The first-order chi connectivity index (χ1) is 10.1. The van der Waals surface area contributed by atoms with Gasteiger partial charge in [-0.05, 0) is 42.8 Å². The number of carboxylic acid groups (broad SMARTS) is 1. The molecule has 21 heavy (non-hydrogen) atoms. The Labute approximate surface area is 122 Å². The second kappa shape index (κ2) is 5.97. The van der Waals surface area contributed by atoms with Crippen LogP contribution in [-0.4, -0.2) is 18.2 Å². The van der Waals surface area contributed by atoms with Crippen molar-refractivity contribution in [2.45, 2.75) is 6.92 Å². The van der Waals surface area contributed by atoms with Gasteiger partial charge < -0.3 is 15.2 Å². The molecule has 0 heterocycles. The summed E-state index contributed by atoms with van der Waals surface area (Å²) in [4.78, 5) is 11.0. The van der Waals surface area contributed by atoms with Crippen LogP contribution in [0.3, 0.4) is 0 Å². The molecule has 2 rings (SSSR count). The highest BCUT2D eigenvalue weighted by molar-refractivity contribution is 5.90. The molecule has 5 heteroatoms. The first-order valence-corrected chi connectivity index (χ1v) is 6.25. The van der Waals surface area contributed by atoms with E-state index in [9.17, 15) is 4.79 Å². The monoisotopic (exact) mass is 282 g/mol. The van der Waals surface area contributed by atoms with Crippen LogP contribution in [0.5, 0.6) is 5.75 Å². The van der Waals surface area contributed by atoms with Gasteiger partial charge in [-0.25, -0.2) is 4.79 Å². The van der Waals surface area contributed by atoms with Gasteiger partial charge in [0.25, 0.3) is 0 Å². The summed E-state index contributed by atoms with van der Waals surface area (Å²) >= 11 is 0. The van der Waals surface area contributed by atoms with Gasteiger partial charge in [0.05, 0.1) is 23.9 Å². The van der Waals surface area contributed by atoms with Gasteiger partial charge in [0, 0.05) is 5.69 Å². The Morgan fingerprint density at radius 3 is 2.67 bits per heavy atom. The summed E-state index contributed by atoms with van der Waals surface area (Å²) in [7, 11) is 1.53. The molecule has 0 saturated heterocycles. The zero-order chi connectivity index (χ0) is 15.4. The molecule has 0 fully saturated rings. The number of carbonyl (C=O) groups is 1. The summed E-state index contributed by atoms with van der Waals surface area (Å²) in [6.45, 7) is 1.72. The van der Waals surface area contributed by atoms with E-state index in [2.05, 4.69) is 11.4 Å². The number of para-hydroxylation sites is 1. The lowest BCUT2D eigenvalue weighted by molar-refractivity contribution is 0.0696. The topological polar surface area (TPSA) is 82.3 Å². The molecule has 0 amide bonds. The molecule has 0 spiro atoms. The summed E-state index contributed by atoms with van der Waals surface area (Å²) in [6, 6.07) is 12.2. The van der Waals surface area contributed by atoms with E-state index in [4.69, 9.17) is 15.1 Å². The van der Waals surface area contributed by atoms with Crippen LogP contribution in [0.1, 0.15) is 21.5 Å². The van der Waals surface area contributed by atoms with Crippen LogP contribution in [0.25, 0.3) is 0 Å². The van der Waals surface area contributed by atoms with Crippen LogP contribution >= 0.6 is 0 Å². The smallest absolute Gasteiger partial charge is 0.335 e. The lowest BCUT2D eigenvalue weighted by Gasteiger charge is -2.13. The number of nitrogens with zero attached hydrogens (tertiary/aromatic N) is 1. The summed E-state index contributed by atoms with van der Waals surface area (Å²) in [5.41, 5.74) is 2.60. The van der Waals surface area contributed by atoms with Gasteiger partial charge in [-0.15, -0.1) is 0 Å². The maximum absolute atomic E-state index is 11.0. The standard InChI is InChI=1S/C16H14N2O3/c1-10-8-12(6-7-13(10)16(19)20)18-15-11(9-17)4-3-5-14(15)21-2/h3-8,18H,1-2H3,(H,19,20). The van der Waals surface area contributed by atoms with Gasteiger partial charge in [0.1, 0.15) is 11.8 Å². The average Bonchev–Trinajstić information content (AvgIpc) is 2.47. The van der Waals surface area contributed by atoms with Crippen molar-refractivity contribution < 1.29 is 14.6 Å². The normalized spacial score (nSPS) is 9.76. The number of nitrogens with one attached hydrogen (secondary N) is 1. The molecular weight excluding hydrogens is 268 g/mol. The van der Waals surface area contributed by atoms with E-state index in [0.29, 0.717) is 28.3 Å². The Hall–Kier alpha value is -3.00. The summed E-state index contributed by atoms with van der Waals surface area (Å²) in [5.74, 6) is -0.414. The van der Waals surface area contributed by atoms with E-state index in [1.165, 1.54) is 13.2 Å². The molecule has 2 aromatic rings. The summed E-state index contributed by atoms with van der Waals surface area (Å²) in [5, 5.41) is 21.3. The minimum atomic E-state index is -0.964. The molecule has 2 N–H and O–H groups in total. The molecule has 106 valence electrons. The van der Waals surface area contributed by atoms with Crippen molar-refractivity contribution in [3.05, 3.63) is 53.1 Å². The van der Waals surface area contributed by atoms with Gasteiger partial charge in [-0.3, -0.25) is 0 Å². The molecule has 0 bridgehead atoms. The SMILES string of the molecule is COc1cccc(C#N)c1Nc1ccc(C(=O)O)c(C)c1. The zero-order valence-electron chi connectivity index (χ0n) is 11.7. The highest BCUT2D eigenvalue weighted by Crippen LogP contribution is 2.31. The molecule has 0 aliphatic rings. The van der Waals surface area contributed by atoms with Crippen molar-refractivity contribution >= 4 is 17.3 Å². The van der Waals surface area contributed by atoms with E-state index in [-0.39, 0.29) is 5.56 Å². The lowest BCUT2D eigenvalue weighted by Crippen LogP contribution is -2.02. The maximum atomic E-state index is 11.0. The fraction of sp³-hybridized carbons (Fsp3) is 0.125. The first-order valence-electron chi connectivity index (χ1n) is 6.25. The Morgan fingerprint density at radius 2 is 2.10 bits per heavy atom. The minimum absolute atomic E-state index is 0.251. The number of benzene rings is 2. The molecule has 0 aliphatic carbocycles. The summed E-state index contributed by atoms with van der Waals surface area (Å²) < 4.78 is 5.24. The van der Waals surface area contributed by atoms with Crippen molar-refractivity contribution in [1.29, 1.82) is 5.26 Å². The third kappa shape index (κ3) is 2.95. The quantitative estimate of drug-likeness (QED) is 0.898. The second-order valence-corrected chi connectivity index (χ2v) is 4.45. The van der Waals surface area contributed by atoms with Crippen LogP contribution in [0.2, 0.25) is 0 Å². The van der Waals surface area contributed by atoms with Crippen molar-refractivity contribution in [3.8, 4) is 11.8 Å². The van der Waals surface area contributed by atoms with E-state index in [0.717, 1.165) is 0 Å². The summed E-state index contributed by atoms with van der Waals surface area (Å²) in [6.07, 6.45) is 0. The molecule has 0 atom stereocenters. The zero-order valence-corrected chi connectivity index (χ0v) is 11.7. The Bertz CT molecular complexity index is 733. The van der Waals surface area contributed by atoms with E-state index in [1.807, 2.05) is 0 Å². The lowest BCUT2D eigenvalue weighted by atomic mass is 10.1. The second-order valence-electron chi connectivity index (χ2n) is 4.45. The number of hydrogen-bond acceptors (Lipinski definition) is 4. The van der Waals surface area contributed by atoms with E-state index in [1.54, 1.807) is 37.3 Å². The van der Waals surface area contributed by atoms with Gasteiger partial charge in [0.15, 0.2) is 0 Å². The fourth-order valence-electron chi connectivity index (χ4n) is 2.05. The number of rotatable bonds is 4. The molecule has 0 aromatic heterocycles. The number of methoxy groups -OCH3 is 1. The molecule has 2 aromatic carbocycles. The predicted molar refractivity (Wildman–Crippen MR) is 79.1 cm³/mol. The van der Waals surface area contributed by atoms with Crippen LogP contribution in [0, 0.1) is 18.3 Å². The number of aromatic carboxylic acids is 1.